The molecule has 7 nitrogen and oxygen atoms in total. The number of amides is 2. The molecule has 1 aliphatic carbocycles. The van der Waals surface area contributed by atoms with Gasteiger partial charge in [0.15, 0.2) is 0 Å². The summed E-state index contributed by atoms with van der Waals surface area (Å²) in [4.78, 5) is 29.3. The normalized spacial score (nSPS) is 20.9. The van der Waals surface area contributed by atoms with E-state index in [1.54, 1.807) is 11.3 Å². The van der Waals surface area contributed by atoms with Crippen molar-refractivity contribution >= 4 is 33.4 Å². The average molecular weight is 446 g/mol. The summed E-state index contributed by atoms with van der Waals surface area (Å²) in [6, 6.07) is 16.7. The third-order valence-electron chi connectivity index (χ3n) is 5.91. The summed E-state index contributed by atoms with van der Waals surface area (Å²) in [5.41, 5.74) is 9.06. The highest BCUT2D eigenvalue weighted by atomic mass is 32.1. The van der Waals surface area contributed by atoms with E-state index in [2.05, 4.69) is 52.9 Å². The zero-order valence-corrected chi connectivity index (χ0v) is 18.2. The number of hydrogen-bond donors (Lipinski definition) is 4. The molecular formula is C24H23N5O2S. The van der Waals surface area contributed by atoms with Crippen LogP contribution in [0.3, 0.4) is 0 Å². The Morgan fingerprint density at radius 2 is 1.94 bits per heavy atom. The maximum atomic E-state index is 12.7. The highest BCUT2D eigenvalue weighted by Gasteiger charge is 2.32. The van der Waals surface area contributed by atoms with Crippen LogP contribution < -0.4 is 21.7 Å². The Hall–Kier alpha value is -3.65. The van der Waals surface area contributed by atoms with E-state index in [9.17, 15) is 9.59 Å². The van der Waals surface area contributed by atoms with Crippen LogP contribution in [0.4, 0.5) is 0 Å². The van der Waals surface area contributed by atoms with E-state index in [4.69, 9.17) is 10.7 Å². The van der Waals surface area contributed by atoms with Crippen LogP contribution in [0, 0.1) is 0 Å². The number of carbonyl (C=O) groups excluding carboxylic acids is 2. The molecule has 2 aromatic carbocycles. The van der Waals surface area contributed by atoms with Gasteiger partial charge in [0.1, 0.15) is 17.2 Å². The first-order valence-electron chi connectivity index (χ1n) is 10.5. The van der Waals surface area contributed by atoms with Crippen LogP contribution in [0.25, 0.3) is 21.3 Å². The highest BCUT2D eigenvalue weighted by Crippen LogP contribution is 2.39. The van der Waals surface area contributed by atoms with E-state index in [0.717, 1.165) is 29.8 Å². The largest absolute Gasteiger partial charge is 0.392 e. The second-order valence-electron chi connectivity index (χ2n) is 8.13. The smallest absolute Gasteiger partial charge is 0.274 e. The Kier molecular flexibility index (Phi) is 5.14. The number of nitrogens with two attached hydrogens (primary N) is 1. The lowest BCUT2D eigenvalue weighted by Gasteiger charge is -2.22. The van der Waals surface area contributed by atoms with Crippen molar-refractivity contribution in [3.05, 3.63) is 77.3 Å². The second kappa shape index (κ2) is 8.12. The number of carbonyl (C=O) groups is 2. The quantitative estimate of drug-likeness (QED) is 0.494. The van der Waals surface area contributed by atoms with Gasteiger partial charge in [0.25, 0.3) is 11.8 Å². The topological polar surface area (TPSA) is 109 Å². The van der Waals surface area contributed by atoms with Crippen molar-refractivity contribution in [1.82, 2.24) is 20.9 Å². The molecule has 3 aromatic rings. The fraction of sp³-hybridized carbons (Fsp3) is 0.208. The molecule has 1 saturated carbocycles. The van der Waals surface area contributed by atoms with E-state index in [0.29, 0.717) is 5.92 Å². The standard InChI is InChI=1S/C24H23N5O2S/c1-13-26-21(20(25)22(30)27-13)23(31)28-17-9-7-16(11-17)24-29-18-10-8-15(12-19(18)32-24)14-5-3-2-4-6-14/h2-6,8,10,12,16-17,26H,1,7,9,11,25H2,(H,27,30)(H,28,31). The minimum absolute atomic E-state index is 0.000236. The molecule has 1 aliphatic heterocycles. The molecule has 2 atom stereocenters. The maximum Gasteiger partial charge on any atom is 0.274 e. The predicted molar refractivity (Wildman–Crippen MR) is 125 cm³/mol. The monoisotopic (exact) mass is 445 g/mol. The predicted octanol–water partition coefficient (Wildman–Crippen LogP) is 3.08. The van der Waals surface area contributed by atoms with E-state index in [-0.39, 0.29) is 29.2 Å². The number of nitrogens with zero attached hydrogens (tertiary/aromatic N) is 1. The van der Waals surface area contributed by atoms with Crippen molar-refractivity contribution in [3.63, 3.8) is 0 Å². The minimum atomic E-state index is -0.521. The number of benzene rings is 2. The summed E-state index contributed by atoms with van der Waals surface area (Å²) < 4.78 is 1.17. The molecule has 32 heavy (non-hydrogen) atoms. The second-order valence-corrected chi connectivity index (χ2v) is 9.19. The van der Waals surface area contributed by atoms with Gasteiger partial charge in [-0.3, -0.25) is 9.59 Å². The van der Waals surface area contributed by atoms with Gasteiger partial charge in [0, 0.05) is 12.0 Å². The molecule has 1 aromatic heterocycles. The first kappa shape index (κ1) is 20.3. The third-order valence-corrected chi connectivity index (χ3v) is 7.09. The number of rotatable bonds is 4. The van der Waals surface area contributed by atoms with Gasteiger partial charge in [-0.15, -0.1) is 11.3 Å². The SMILES string of the molecule is C=C1NC(=O)C(N)=C(C(=O)NC2CCC(c3nc4ccc(-c5ccccc5)cc4s3)C2)N1. The molecule has 8 heteroatoms. The Morgan fingerprint density at radius 1 is 1.12 bits per heavy atom. The molecule has 0 spiro atoms. The molecule has 5 rings (SSSR count). The molecule has 0 radical (unpaired) electrons. The van der Waals surface area contributed by atoms with Crippen molar-refractivity contribution in [2.24, 2.45) is 5.73 Å². The van der Waals surface area contributed by atoms with Crippen LogP contribution in [0.1, 0.15) is 30.2 Å². The molecule has 1 fully saturated rings. The number of fused-ring (bicyclic) bond motifs is 1. The average Bonchev–Trinajstić information content (AvgIpc) is 3.43. The molecule has 162 valence electrons. The number of nitrogens with one attached hydrogen (secondary N) is 3. The van der Waals surface area contributed by atoms with Crippen LogP contribution in [0.15, 0.2) is 72.3 Å². The van der Waals surface area contributed by atoms with E-state index < -0.39 is 5.91 Å². The molecule has 2 aliphatic rings. The lowest BCUT2D eigenvalue weighted by molar-refractivity contribution is -0.121. The van der Waals surface area contributed by atoms with E-state index >= 15 is 0 Å². The lowest BCUT2D eigenvalue weighted by atomic mass is 10.1. The fourth-order valence-corrected chi connectivity index (χ4v) is 5.42. The Bertz CT molecular complexity index is 1260. The van der Waals surface area contributed by atoms with Crippen LogP contribution in [0.2, 0.25) is 0 Å². The van der Waals surface area contributed by atoms with Crippen molar-refractivity contribution in [1.29, 1.82) is 0 Å². The van der Waals surface area contributed by atoms with Gasteiger partial charge < -0.3 is 21.7 Å². The van der Waals surface area contributed by atoms with Crippen molar-refractivity contribution in [2.45, 2.75) is 31.2 Å². The molecule has 2 unspecified atom stereocenters. The molecule has 0 saturated heterocycles. The summed E-state index contributed by atoms with van der Waals surface area (Å²) in [5, 5.41) is 9.31. The first-order valence-corrected chi connectivity index (χ1v) is 11.3. The van der Waals surface area contributed by atoms with Gasteiger partial charge in [0.2, 0.25) is 0 Å². The maximum absolute atomic E-state index is 12.7. The van der Waals surface area contributed by atoms with Gasteiger partial charge in [0.05, 0.1) is 15.2 Å². The zero-order chi connectivity index (χ0) is 22.2. The molecule has 0 bridgehead atoms. The molecule has 2 heterocycles. The van der Waals surface area contributed by atoms with Crippen molar-refractivity contribution in [2.75, 3.05) is 0 Å². The lowest BCUT2D eigenvalue weighted by Crippen LogP contribution is -2.47. The van der Waals surface area contributed by atoms with Gasteiger partial charge in [-0.05, 0) is 42.5 Å². The van der Waals surface area contributed by atoms with Crippen LogP contribution in [-0.2, 0) is 9.59 Å². The molecule has 5 N–H and O–H groups in total. The minimum Gasteiger partial charge on any atom is -0.392 e. The van der Waals surface area contributed by atoms with Gasteiger partial charge >= 0.3 is 0 Å². The van der Waals surface area contributed by atoms with Gasteiger partial charge in [-0.2, -0.15) is 0 Å². The number of hydrogen-bond acceptors (Lipinski definition) is 6. The molecule has 2 amide bonds. The molecular weight excluding hydrogens is 422 g/mol. The Morgan fingerprint density at radius 3 is 2.75 bits per heavy atom. The summed E-state index contributed by atoms with van der Waals surface area (Å²) in [5.74, 6) is -0.377. The van der Waals surface area contributed by atoms with Crippen LogP contribution in [0.5, 0.6) is 0 Å². The van der Waals surface area contributed by atoms with Crippen LogP contribution in [-0.4, -0.2) is 22.8 Å². The van der Waals surface area contributed by atoms with Gasteiger partial charge in [-0.1, -0.05) is 43.0 Å². The van der Waals surface area contributed by atoms with E-state index in [1.807, 2.05) is 18.2 Å². The zero-order valence-electron chi connectivity index (χ0n) is 17.4. The number of aromatic nitrogens is 1. The first-order chi connectivity index (χ1) is 15.5. The summed E-state index contributed by atoms with van der Waals surface area (Å²) in [6.07, 6.45) is 2.60. The Labute approximate surface area is 189 Å². The number of thiazole rings is 1. The Balaban J connectivity index is 1.29. The van der Waals surface area contributed by atoms with E-state index in [1.165, 1.54) is 15.8 Å². The van der Waals surface area contributed by atoms with Crippen molar-refractivity contribution in [3.8, 4) is 11.1 Å². The van der Waals surface area contributed by atoms with Gasteiger partial charge in [-0.25, -0.2) is 4.98 Å². The summed E-state index contributed by atoms with van der Waals surface area (Å²) in [6.45, 7) is 3.64. The third kappa shape index (κ3) is 3.85. The van der Waals surface area contributed by atoms with Crippen LogP contribution >= 0.6 is 11.3 Å². The fourth-order valence-electron chi connectivity index (χ4n) is 4.27. The summed E-state index contributed by atoms with van der Waals surface area (Å²) >= 11 is 1.72. The summed E-state index contributed by atoms with van der Waals surface area (Å²) in [7, 11) is 0. The highest BCUT2D eigenvalue weighted by molar-refractivity contribution is 7.18. The van der Waals surface area contributed by atoms with Crippen molar-refractivity contribution < 1.29 is 9.59 Å².